The fraction of sp³-hybridized carbons (Fsp3) is 0.412. The van der Waals surface area contributed by atoms with Crippen LogP contribution in [0.1, 0.15) is 31.2 Å². The molecule has 0 aliphatic heterocycles. The van der Waals surface area contributed by atoms with Gasteiger partial charge in [0.15, 0.2) is 0 Å². The van der Waals surface area contributed by atoms with Gasteiger partial charge in [-0.25, -0.2) is 13.8 Å². The first-order valence-corrected chi connectivity index (χ1v) is 8.69. The summed E-state index contributed by atoms with van der Waals surface area (Å²) in [6.07, 6.45) is 9.49. The lowest BCUT2D eigenvalue weighted by molar-refractivity contribution is -0.111. The number of rotatable bonds is 5. The van der Waals surface area contributed by atoms with Crippen molar-refractivity contribution in [1.82, 2.24) is 4.98 Å². The van der Waals surface area contributed by atoms with Gasteiger partial charge < -0.3 is 5.32 Å². The zero-order valence-corrected chi connectivity index (χ0v) is 13.8. The number of nitrogens with one attached hydrogen (secondary N) is 1. The van der Waals surface area contributed by atoms with Gasteiger partial charge in [0.05, 0.1) is 11.9 Å². The van der Waals surface area contributed by atoms with Crippen molar-refractivity contribution in [2.24, 2.45) is 5.92 Å². The number of alkyl halides is 2. The summed E-state index contributed by atoms with van der Waals surface area (Å²) in [5.41, 5.74) is 1.46. The molecule has 1 aliphatic carbocycles. The molecule has 0 saturated heterocycles. The molecule has 1 amide bonds. The molecule has 23 heavy (non-hydrogen) atoms. The van der Waals surface area contributed by atoms with E-state index < -0.39 is 5.92 Å². The highest BCUT2D eigenvalue weighted by molar-refractivity contribution is 7.98. The number of allylic oxidation sites excluding steroid dienone is 1. The minimum atomic E-state index is -2.51. The van der Waals surface area contributed by atoms with Crippen molar-refractivity contribution in [1.29, 1.82) is 0 Å². The third kappa shape index (κ3) is 5.16. The maximum atomic E-state index is 13.2. The predicted molar refractivity (Wildman–Crippen MR) is 90.8 cm³/mol. The molecule has 1 aliphatic rings. The second-order valence-corrected chi connectivity index (χ2v) is 6.36. The van der Waals surface area contributed by atoms with Crippen LogP contribution in [0.25, 0.3) is 6.08 Å². The van der Waals surface area contributed by atoms with E-state index in [2.05, 4.69) is 16.9 Å². The summed E-state index contributed by atoms with van der Waals surface area (Å²) in [4.78, 5) is 15.7. The monoisotopic (exact) mass is 338 g/mol. The van der Waals surface area contributed by atoms with E-state index in [9.17, 15) is 13.6 Å². The van der Waals surface area contributed by atoms with Crippen LogP contribution in [0, 0.1) is 5.92 Å². The average Bonchev–Trinajstić information content (AvgIpc) is 2.54. The fourth-order valence-corrected chi connectivity index (χ4v) is 3.04. The number of thioether (sulfide) groups is 1. The van der Waals surface area contributed by atoms with Crippen LogP contribution in [-0.2, 0) is 4.79 Å². The van der Waals surface area contributed by atoms with Gasteiger partial charge >= 0.3 is 0 Å². The lowest BCUT2D eigenvalue weighted by Gasteiger charge is -2.26. The van der Waals surface area contributed by atoms with Crippen molar-refractivity contribution in [3.05, 3.63) is 36.6 Å². The Kier molecular flexibility index (Phi) is 5.93. The van der Waals surface area contributed by atoms with E-state index in [4.69, 9.17) is 0 Å². The van der Waals surface area contributed by atoms with Crippen LogP contribution in [-0.4, -0.2) is 23.1 Å². The first-order valence-electron chi connectivity index (χ1n) is 7.47. The van der Waals surface area contributed by atoms with Gasteiger partial charge in [-0.2, -0.15) is 0 Å². The van der Waals surface area contributed by atoms with Gasteiger partial charge in [-0.1, -0.05) is 18.7 Å². The quantitative estimate of drug-likeness (QED) is 0.621. The molecule has 0 spiro atoms. The summed E-state index contributed by atoms with van der Waals surface area (Å²) in [5.74, 6) is -2.64. The van der Waals surface area contributed by atoms with E-state index in [-0.39, 0.29) is 24.7 Å². The van der Waals surface area contributed by atoms with E-state index in [0.29, 0.717) is 18.5 Å². The highest BCUT2D eigenvalue weighted by Gasteiger charge is 2.33. The number of aromatic nitrogens is 1. The van der Waals surface area contributed by atoms with Gasteiger partial charge in [0.2, 0.25) is 11.8 Å². The summed E-state index contributed by atoms with van der Waals surface area (Å²) >= 11 is 1.50. The third-order valence-corrected chi connectivity index (χ3v) is 4.56. The van der Waals surface area contributed by atoms with Crippen molar-refractivity contribution in [3.8, 4) is 0 Å². The second kappa shape index (κ2) is 7.73. The molecule has 0 bridgehead atoms. The number of anilines is 1. The molecule has 1 aromatic rings. The molecule has 3 nitrogen and oxygen atoms in total. The van der Waals surface area contributed by atoms with Gasteiger partial charge in [-0.3, -0.25) is 4.79 Å². The Bertz CT molecular complexity index is 607. The van der Waals surface area contributed by atoms with Crippen LogP contribution >= 0.6 is 11.8 Å². The fourth-order valence-electron chi connectivity index (χ4n) is 2.52. The molecule has 0 radical (unpaired) electrons. The van der Waals surface area contributed by atoms with Crippen LogP contribution < -0.4 is 5.32 Å². The number of carbonyl (C=O) groups is 1. The average molecular weight is 338 g/mol. The molecule has 124 valence electrons. The highest BCUT2D eigenvalue weighted by atomic mass is 32.2. The van der Waals surface area contributed by atoms with E-state index in [1.807, 2.05) is 24.5 Å². The molecule has 0 aromatic carbocycles. The predicted octanol–water partition coefficient (Wildman–Crippen LogP) is 4.77. The third-order valence-electron chi connectivity index (χ3n) is 3.83. The van der Waals surface area contributed by atoms with Crippen molar-refractivity contribution >= 4 is 29.4 Å². The van der Waals surface area contributed by atoms with Crippen molar-refractivity contribution in [2.45, 2.75) is 36.6 Å². The van der Waals surface area contributed by atoms with Crippen LogP contribution in [0.5, 0.6) is 0 Å². The Morgan fingerprint density at radius 2 is 2.17 bits per heavy atom. The molecule has 2 rings (SSSR count). The van der Waals surface area contributed by atoms with Crippen LogP contribution in [0.15, 0.2) is 36.0 Å². The van der Waals surface area contributed by atoms with E-state index in [1.165, 1.54) is 17.8 Å². The Morgan fingerprint density at radius 1 is 1.48 bits per heavy atom. The molecule has 6 heteroatoms. The molecular weight excluding hydrogens is 318 g/mol. The highest BCUT2D eigenvalue weighted by Crippen LogP contribution is 2.37. The van der Waals surface area contributed by atoms with Crippen LogP contribution in [0.2, 0.25) is 0 Å². The minimum absolute atomic E-state index is 0.0505. The molecule has 1 N–H and O–H groups in total. The smallest absolute Gasteiger partial charge is 0.248 e. The van der Waals surface area contributed by atoms with E-state index >= 15 is 0 Å². The number of hydrogen-bond donors (Lipinski definition) is 1. The molecule has 1 fully saturated rings. The standard InChI is InChI=1S/C17H20F2N2OS/c1-3-15(22)21-14-10-13(16(23-2)20-11-14)5-4-12-6-8-17(18,19)9-7-12/h3-5,10-12H,1,6-9H2,2H3,(H,21,22)/b5-4+. The maximum absolute atomic E-state index is 13.2. The van der Waals surface area contributed by atoms with Crippen LogP contribution in [0.4, 0.5) is 14.5 Å². The first kappa shape index (κ1) is 17.7. The number of carbonyl (C=O) groups excluding carboxylic acids is 1. The van der Waals surface area contributed by atoms with Gasteiger partial charge in [0.1, 0.15) is 5.03 Å². The maximum Gasteiger partial charge on any atom is 0.248 e. The summed E-state index contributed by atoms with van der Waals surface area (Å²) < 4.78 is 26.4. The van der Waals surface area contributed by atoms with Gasteiger partial charge in [0, 0.05) is 18.4 Å². The lowest BCUT2D eigenvalue weighted by atomic mass is 9.86. The Balaban J connectivity index is 2.11. The molecule has 1 saturated carbocycles. The lowest BCUT2D eigenvalue weighted by Crippen LogP contribution is -2.23. The summed E-state index contributed by atoms with van der Waals surface area (Å²) in [5, 5.41) is 3.50. The summed E-state index contributed by atoms with van der Waals surface area (Å²) in [6.45, 7) is 3.41. The Hall–Kier alpha value is -1.69. The molecule has 0 atom stereocenters. The van der Waals surface area contributed by atoms with E-state index in [0.717, 1.165) is 10.6 Å². The number of amides is 1. The van der Waals surface area contributed by atoms with Crippen molar-refractivity contribution < 1.29 is 13.6 Å². The summed E-state index contributed by atoms with van der Waals surface area (Å²) in [7, 11) is 0. The Morgan fingerprint density at radius 3 is 2.78 bits per heavy atom. The zero-order chi connectivity index (χ0) is 16.9. The van der Waals surface area contributed by atoms with Crippen molar-refractivity contribution in [2.75, 3.05) is 11.6 Å². The van der Waals surface area contributed by atoms with Gasteiger partial charge in [-0.15, -0.1) is 11.8 Å². The second-order valence-electron chi connectivity index (χ2n) is 5.57. The molecule has 1 heterocycles. The molecular formula is C17H20F2N2OS. The van der Waals surface area contributed by atoms with Gasteiger partial charge in [0.25, 0.3) is 0 Å². The summed E-state index contributed by atoms with van der Waals surface area (Å²) in [6, 6.07) is 1.83. The minimum Gasteiger partial charge on any atom is -0.321 e. The molecule has 1 aromatic heterocycles. The molecule has 0 unspecified atom stereocenters. The largest absolute Gasteiger partial charge is 0.321 e. The number of pyridine rings is 1. The van der Waals surface area contributed by atoms with Gasteiger partial charge in [-0.05, 0) is 37.2 Å². The number of hydrogen-bond acceptors (Lipinski definition) is 3. The SMILES string of the molecule is C=CC(=O)Nc1cnc(SC)c(/C=C/C2CCC(F)(F)CC2)c1. The normalized spacial score (nSPS) is 18.0. The zero-order valence-electron chi connectivity index (χ0n) is 13.0. The topological polar surface area (TPSA) is 42.0 Å². The Labute approximate surface area is 139 Å². The van der Waals surface area contributed by atoms with Crippen molar-refractivity contribution in [3.63, 3.8) is 0 Å². The number of nitrogens with zero attached hydrogens (tertiary/aromatic N) is 1. The number of halogens is 2. The van der Waals surface area contributed by atoms with Crippen LogP contribution in [0.3, 0.4) is 0 Å². The first-order chi connectivity index (χ1) is 10.9. The van der Waals surface area contributed by atoms with E-state index in [1.54, 1.807) is 6.20 Å².